The molecule has 0 saturated heterocycles. The van der Waals surface area contributed by atoms with Crippen LogP contribution in [0.15, 0.2) is 6.33 Å². The molecule has 0 unspecified atom stereocenters. The Morgan fingerprint density at radius 2 is 2.17 bits per heavy atom. The zero-order valence-electron chi connectivity index (χ0n) is 11.2. The van der Waals surface area contributed by atoms with Crippen LogP contribution in [0, 0.1) is 0 Å². The topological polar surface area (TPSA) is 73.1 Å². The van der Waals surface area contributed by atoms with Crippen LogP contribution in [0.25, 0.3) is 0 Å². The van der Waals surface area contributed by atoms with Gasteiger partial charge >= 0.3 is 0 Å². The van der Waals surface area contributed by atoms with Crippen molar-refractivity contribution in [3.05, 3.63) is 6.33 Å². The highest BCUT2D eigenvalue weighted by molar-refractivity contribution is 5.67. The molecule has 0 amide bonds. The Balaban J connectivity index is 2.12. The number of aromatic nitrogens is 2. The lowest BCUT2D eigenvalue weighted by Crippen LogP contribution is -2.44. The molecular formula is C13H22N4O. The lowest BCUT2D eigenvalue weighted by atomic mass is 9.75. The minimum atomic E-state index is 0.171. The maximum Gasteiger partial charge on any atom is 0.242 e. The fourth-order valence-electron chi connectivity index (χ4n) is 2.21. The third kappa shape index (κ3) is 2.49. The number of nitrogens with one attached hydrogen (secondary N) is 1. The van der Waals surface area contributed by atoms with Gasteiger partial charge in [-0.1, -0.05) is 13.8 Å². The summed E-state index contributed by atoms with van der Waals surface area (Å²) in [5.41, 5.74) is 6.74. The SMILES string of the molecule is CCCOc1ncnc(NC2(CC)CCC2)c1N. The van der Waals surface area contributed by atoms with Gasteiger partial charge in [-0.15, -0.1) is 0 Å². The summed E-state index contributed by atoms with van der Waals surface area (Å²) in [6, 6.07) is 0. The molecule has 1 fully saturated rings. The van der Waals surface area contributed by atoms with E-state index in [9.17, 15) is 0 Å². The highest BCUT2D eigenvalue weighted by Crippen LogP contribution is 2.39. The maximum atomic E-state index is 6.05. The number of nitrogen functional groups attached to an aromatic ring is 1. The summed E-state index contributed by atoms with van der Waals surface area (Å²) < 4.78 is 5.51. The number of rotatable bonds is 6. The van der Waals surface area contributed by atoms with Crippen LogP contribution in [0.5, 0.6) is 5.88 Å². The molecule has 0 bridgehead atoms. The molecule has 1 aromatic heterocycles. The molecule has 0 spiro atoms. The number of ether oxygens (including phenoxy) is 1. The van der Waals surface area contributed by atoms with E-state index in [4.69, 9.17) is 10.5 Å². The van der Waals surface area contributed by atoms with Crippen LogP contribution in [0.3, 0.4) is 0 Å². The highest BCUT2D eigenvalue weighted by Gasteiger charge is 2.35. The predicted octanol–water partition coefficient (Wildman–Crippen LogP) is 2.59. The van der Waals surface area contributed by atoms with Crippen molar-refractivity contribution in [1.29, 1.82) is 0 Å². The van der Waals surface area contributed by atoms with E-state index in [1.165, 1.54) is 25.6 Å². The predicted molar refractivity (Wildman–Crippen MR) is 72.7 cm³/mol. The first-order valence-corrected chi connectivity index (χ1v) is 6.72. The minimum absolute atomic E-state index is 0.171. The van der Waals surface area contributed by atoms with Crippen molar-refractivity contribution in [3.63, 3.8) is 0 Å². The van der Waals surface area contributed by atoms with Crippen molar-refractivity contribution >= 4 is 11.5 Å². The second kappa shape index (κ2) is 5.42. The van der Waals surface area contributed by atoms with Crippen LogP contribution in [-0.2, 0) is 0 Å². The molecule has 1 aromatic rings. The van der Waals surface area contributed by atoms with Crippen molar-refractivity contribution < 1.29 is 4.74 Å². The van der Waals surface area contributed by atoms with Gasteiger partial charge in [0.1, 0.15) is 12.0 Å². The van der Waals surface area contributed by atoms with Gasteiger partial charge in [-0.05, 0) is 32.1 Å². The summed E-state index contributed by atoms with van der Waals surface area (Å²) in [4.78, 5) is 8.31. The van der Waals surface area contributed by atoms with Gasteiger partial charge in [-0.25, -0.2) is 4.98 Å². The Kier molecular flexibility index (Phi) is 3.89. The second-order valence-corrected chi connectivity index (χ2v) is 4.90. The van der Waals surface area contributed by atoms with E-state index in [-0.39, 0.29) is 5.54 Å². The zero-order chi connectivity index (χ0) is 13.0. The molecule has 1 aliphatic carbocycles. The first kappa shape index (κ1) is 12.9. The van der Waals surface area contributed by atoms with E-state index in [0.29, 0.717) is 24.0 Å². The van der Waals surface area contributed by atoms with Gasteiger partial charge < -0.3 is 15.8 Å². The highest BCUT2D eigenvalue weighted by atomic mass is 16.5. The third-order valence-electron chi connectivity index (χ3n) is 3.66. The molecule has 3 N–H and O–H groups in total. The van der Waals surface area contributed by atoms with Crippen LogP contribution in [0.1, 0.15) is 46.0 Å². The molecule has 0 radical (unpaired) electrons. The van der Waals surface area contributed by atoms with Crippen molar-refractivity contribution in [3.8, 4) is 5.88 Å². The summed E-state index contributed by atoms with van der Waals surface area (Å²) in [7, 11) is 0. The molecular weight excluding hydrogens is 228 g/mol. The van der Waals surface area contributed by atoms with E-state index in [0.717, 1.165) is 12.8 Å². The molecule has 5 nitrogen and oxygen atoms in total. The summed E-state index contributed by atoms with van der Waals surface area (Å²) in [5, 5.41) is 3.47. The van der Waals surface area contributed by atoms with E-state index in [1.807, 2.05) is 0 Å². The largest absolute Gasteiger partial charge is 0.476 e. The second-order valence-electron chi connectivity index (χ2n) is 4.90. The molecule has 5 heteroatoms. The van der Waals surface area contributed by atoms with Crippen molar-refractivity contribution in [2.24, 2.45) is 0 Å². The fraction of sp³-hybridized carbons (Fsp3) is 0.692. The summed E-state index contributed by atoms with van der Waals surface area (Å²) in [6.45, 7) is 4.87. The van der Waals surface area contributed by atoms with Gasteiger partial charge in [0.25, 0.3) is 0 Å². The monoisotopic (exact) mass is 250 g/mol. The number of nitrogens with zero attached hydrogens (tertiary/aromatic N) is 2. The summed E-state index contributed by atoms with van der Waals surface area (Å²) in [6.07, 6.45) is 7.15. The van der Waals surface area contributed by atoms with Crippen LogP contribution in [-0.4, -0.2) is 22.1 Å². The van der Waals surface area contributed by atoms with Crippen LogP contribution in [0.4, 0.5) is 11.5 Å². The molecule has 2 rings (SSSR count). The summed E-state index contributed by atoms with van der Waals surface area (Å²) in [5.74, 6) is 1.19. The number of hydrogen-bond acceptors (Lipinski definition) is 5. The van der Waals surface area contributed by atoms with Crippen molar-refractivity contribution in [2.45, 2.75) is 51.5 Å². The quantitative estimate of drug-likeness (QED) is 0.811. The van der Waals surface area contributed by atoms with E-state index in [2.05, 4.69) is 29.1 Å². The van der Waals surface area contributed by atoms with Crippen LogP contribution < -0.4 is 15.8 Å². The molecule has 100 valence electrons. The molecule has 0 aliphatic heterocycles. The van der Waals surface area contributed by atoms with Crippen LogP contribution in [0.2, 0.25) is 0 Å². The molecule has 18 heavy (non-hydrogen) atoms. The Bertz CT molecular complexity index is 398. The Morgan fingerprint density at radius 3 is 2.72 bits per heavy atom. The molecule has 1 saturated carbocycles. The van der Waals surface area contributed by atoms with Gasteiger partial charge in [0, 0.05) is 5.54 Å². The Morgan fingerprint density at radius 1 is 1.39 bits per heavy atom. The number of hydrogen-bond donors (Lipinski definition) is 2. The van der Waals surface area contributed by atoms with E-state index in [1.54, 1.807) is 0 Å². The minimum Gasteiger partial charge on any atom is -0.476 e. The first-order chi connectivity index (χ1) is 8.71. The number of nitrogens with two attached hydrogens (primary N) is 1. The van der Waals surface area contributed by atoms with Crippen molar-refractivity contribution in [2.75, 3.05) is 17.7 Å². The third-order valence-corrected chi connectivity index (χ3v) is 3.66. The molecule has 1 heterocycles. The first-order valence-electron chi connectivity index (χ1n) is 6.72. The van der Waals surface area contributed by atoms with Gasteiger partial charge in [-0.3, -0.25) is 0 Å². The van der Waals surface area contributed by atoms with Crippen molar-refractivity contribution in [1.82, 2.24) is 9.97 Å². The Hall–Kier alpha value is -1.52. The summed E-state index contributed by atoms with van der Waals surface area (Å²) >= 11 is 0. The molecule has 0 atom stereocenters. The van der Waals surface area contributed by atoms with Gasteiger partial charge in [0.2, 0.25) is 5.88 Å². The number of anilines is 2. The zero-order valence-corrected chi connectivity index (χ0v) is 11.2. The normalized spacial score (nSPS) is 17.0. The average molecular weight is 250 g/mol. The molecule has 0 aromatic carbocycles. The maximum absolute atomic E-state index is 6.05. The van der Waals surface area contributed by atoms with Gasteiger partial charge in [0.05, 0.1) is 6.61 Å². The molecule has 1 aliphatic rings. The Labute approximate surface area is 108 Å². The van der Waals surface area contributed by atoms with Crippen LogP contribution >= 0.6 is 0 Å². The van der Waals surface area contributed by atoms with Gasteiger partial charge in [0.15, 0.2) is 5.82 Å². The van der Waals surface area contributed by atoms with Gasteiger partial charge in [-0.2, -0.15) is 4.98 Å². The fourth-order valence-corrected chi connectivity index (χ4v) is 2.21. The van der Waals surface area contributed by atoms with E-state index >= 15 is 0 Å². The lowest BCUT2D eigenvalue weighted by Gasteiger charge is -2.42. The smallest absolute Gasteiger partial charge is 0.242 e. The standard InChI is InChI=1S/C13H22N4O/c1-3-8-18-12-10(14)11(15-9-16-12)17-13(4-2)6-5-7-13/h9H,3-8,14H2,1-2H3,(H,15,16,17). The average Bonchev–Trinajstić information content (AvgIpc) is 2.34. The lowest BCUT2D eigenvalue weighted by molar-refractivity contribution is 0.268. The van der Waals surface area contributed by atoms with E-state index < -0.39 is 0 Å².